The van der Waals surface area contributed by atoms with Crippen molar-refractivity contribution in [1.29, 1.82) is 0 Å². The summed E-state index contributed by atoms with van der Waals surface area (Å²) in [5, 5.41) is 4.31. The van der Waals surface area contributed by atoms with Gasteiger partial charge in [-0.3, -0.25) is 0 Å². The van der Waals surface area contributed by atoms with Gasteiger partial charge in [-0.25, -0.2) is 0 Å². The highest BCUT2D eigenvalue weighted by Gasteiger charge is 2.23. The first-order chi connectivity index (χ1) is 7.78. The minimum atomic E-state index is 0.522. The van der Waals surface area contributed by atoms with E-state index in [0.717, 1.165) is 24.6 Å². The molecule has 1 saturated heterocycles. The topological polar surface area (TPSA) is 21.3 Å². The van der Waals surface area contributed by atoms with Gasteiger partial charge in [0.1, 0.15) is 0 Å². The average Bonchev–Trinajstić information content (AvgIpc) is 2.66. The molecule has 16 heavy (non-hydrogen) atoms. The molecule has 0 spiro atoms. The van der Waals surface area contributed by atoms with Crippen molar-refractivity contribution in [1.82, 2.24) is 5.32 Å². The molecule has 3 heteroatoms. The lowest BCUT2D eigenvalue weighted by atomic mass is 9.97. The summed E-state index contributed by atoms with van der Waals surface area (Å²) in [6, 6.07) is 8.67. The van der Waals surface area contributed by atoms with Crippen LogP contribution >= 0.6 is 11.6 Å². The Morgan fingerprint density at radius 3 is 3.12 bits per heavy atom. The van der Waals surface area contributed by atoms with E-state index in [1.54, 1.807) is 7.11 Å². The molecule has 1 aliphatic heterocycles. The molecule has 2 rings (SSSR count). The first kappa shape index (κ1) is 11.9. The first-order valence-electron chi connectivity index (χ1n) is 5.74. The SMILES string of the molecule is COCC1CC(Cc2cccc(Cl)c2)CN1. The fourth-order valence-electron chi connectivity index (χ4n) is 2.38. The van der Waals surface area contributed by atoms with Crippen LogP contribution in [0.25, 0.3) is 0 Å². The zero-order valence-electron chi connectivity index (χ0n) is 9.58. The van der Waals surface area contributed by atoms with Crippen molar-refractivity contribution in [2.24, 2.45) is 5.92 Å². The van der Waals surface area contributed by atoms with E-state index in [0.29, 0.717) is 12.0 Å². The van der Waals surface area contributed by atoms with Gasteiger partial charge < -0.3 is 10.1 Å². The number of rotatable bonds is 4. The highest BCUT2D eigenvalue weighted by atomic mass is 35.5. The number of ether oxygens (including phenoxy) is 1. The molecule has 1 heterocycles. The quantitative estimate of drug-likeness (QED) is 0.872. The van der Waals surface area contributed by atoms with Crippen molar-refractivity contribution in [3.05, 3.63) is 34.9 Å². The number of hydrogen-bond acceptors (Lipinski definition) is 2. The molecule has 2 atom stereocenters. The monoisotopic (exact) mass is 239 g/mol. The Kier molecular flexibility index (Phi) is 4.22. The number of halogens is 1. The van der Waals surface area contributed by atoms with Crippen LogP contribution in [0.3, 0.4) is 0 Å². The molecule has 88 valence electrons. The van der Waals surface area contributed by atoms with Crippen LogP contribution in [0.1, 0.15) is 12.0 Å². The van der Waals surface area contributed by atoms with Gasteiger partial charge in [-0.2, -0.15) is 0 Å². The largest absolute Gasteiger partial charge is 0.383 e. The third kappa shape index (κ3) is 3.21. The predicted molar refractivity (Wildman–Crippen MR) is 66.9 cm³/mol. The Bertz CT molecular complexity index is 342. The number of hydrogen-bond donors (Lipinski definition) is 1. The fraction of sp³-hybridized carbons (Fsp3) is 0.538. The highest BCUT2D eigenvalue weighted by Crippen LogP contribution is 2.21. The van der Waals surface area contributed by atoms with Gasteiger partial charge >= 0.3 is 0 Å². The first-order valence-corrected chi connectivity index (χ1v) is 6.12. The van der Waals surface area contributed by atoms with E-state index in [-0.39, 0.29) is 0 Å². The highest BCUT2D eigenvalue weighted by molar-refractivity contribution is 6.30. The van der Waals surface area contributed by atoms with Crippen LogP contribution in [0.15, 0.2) is 24.3 Å². The standard InChI is InChI=1S/C13H18ClNO/c1-16-9-13-7-11(8-15-13)5-10-3-2-4-12(14)6-10/h2-4,6,11,13,15H,5,7-9H2,1H3. The summed E-state index contributed by atoms with van der Waals surface area (Å²) >= 11 is 5.97. The Hall–Kier alpha value is -0.570. The third-order valence-corrected chi connectivity index (χ3v) is 3.33. The van der Waals surface area contributed by atoms with Gasteiger partial charge in [-0.15, -0.1) is 0 Å². The van der Waals surface area contributed by atoms with Crippen LogP contribution in [0.4, 0.5) is 0 Å². The van der Waals surface area contributed by atoms with E-state index in [1.165, 1.54) is 12.0 Å². The van der Waals surface area contributed by atoms with Crippen molar-refractivity contribution < 1.29 is 4.74 Å². The van der Waals surface area contributed by atoms with E-state index in [2.05, 4.69) is 17.4 Å². The molecule has 1 aromatic rings. The molecule has 0 aliphatic carbocycles. The summed E-state index contributed by atoms with van der Waals surface area (Å²) < 4.78 is 5.16. The lowest BCUT2D eigenvalue weighted by Gasteiger charge is -2.09. The molecule has 0 saturated carbocycles. The van der Waals surface area contributed by atoms with Crippen molar-refractivity contribution in [3.8, 4) is 0 Å². The summed E-state index contributed by atoms with van der Waals surface area (Å²) in [7, 11) is 1.76. The van der Waals surface area contributed by atoms with Crippen LogP contribution in [0.5, 0.6) is 0 Å². The number of methoxy groups -OCH3 is 1. The van der Waals surface area contributed by atoms with E-state index in [4.69, 9.17) is 16.3 Å². The van der Waals surface area contributed by atoms with Crippen LogP contribution in [-0.2, 0) is 11.2 Å². The Morgan fingerprint density at radius 2 is 2.38 bits per heavy atom. The van der Waals surface area contributed by atoms with Gasteiger partial charge in [-0.1, -0.05) is 23.7 Å². The van der Waals surface area contributed by atoms with Crippen LogP contribution in [-0.4, -0.2) is 26.3 Å². The molecule has 0 aromatic heterocycles. The second-order valence-electron chi connectivity index (χ2n) is 4.50. The molecular formula is C13H18ClNO. The summed E-state index contributed by atoms with van der Waals surface area (Å²) in [6.07, 6.45) is 2.30. The minimum Gasteiger partial charge on any atom is -0.383 e. The van der Waals surface area contributed by atoms with Gasteiger partial charge in [-0.05, 0) is 43.0 Å². The zero-order valence-corrected chi connectivity index (χ0v) is 10.3. The molecular weight excluding hydrogens is 222 g/mol. The molecule has 0 amide bonds. The normalized spacial score (nSPS) is 24.9. The molecule has 1 N–H and O–H groups in total. The van der Waals surface area contributed by atoms with Crippen LogP contribution < -0.4 is 5.32 Å². The summed E-state index contributed by atoms with van der Waals surface area (Å²) in [5.41, 5.74) is 1.33. The zero-order chi connectivity index (χ0) is 11.4. The van der Waals surface area contributed by atoms with Crippen molar-refractivity contribution in [2.75, 3.05) is 20.3 Å². The van der Waals surface area contributed by atoms with Gasteiger partial charge in [0.2, 0.25) is 0 Å². The van der Waals surface area contributed by atoms with E-state index < -0.39 is 0 Å². The van der Waals surface area contributed by atoms with E-state index in [9.17, 15) is 0 Å². The lowest BCUT2D eigenvalue weighted by molar-refractivity contribution is 0.172. The van der Waals surface area contributed by atoms with Crippen molar-refractivity contribution in [2.45, 2.75) is 18.9 Å². The van der Waals surface area contributed by atoms with Gasteiger partial charge in [0, 0.05) is 18.2 Å². The second-order valence-corrected chi connectivity index (χ2v) is 4.93. The Labute approximate surface area is 102 Å². The molecule has 1 aromatic carbocycles. The third-order valence-electron chi connectivity index (χ3n) is 3.09. The molecule has 2 unspecified atom stereocenters. The summed E-state index contributed by atoms with van der Waals surface area (Å²) in [6.45, 7) is 1.90. The van der Waals surface area contributed by atoms with Crippen molar-refractivity contribution in [3.63, 3.8) is 0 Å². The molecule has 0 radical (unpaired) electrons. The van der Waals surface area contributed by atoms with Crippen molar-refractivity contribution >= 4 is 11.6 Å². The second kappa shape index (κ2) is 5.67. The van der Waals surface area contributed by atoms with Gasteiger partial charge in [0.05, 0.1) is 6.61 Å². The molecule has 0 bridgehead atoms. The number of benzene rings is 1. The Morgan fingerprint density at radius 1 is 1.50 bits per heavy atom. The van der Waals surface area contributed by atoms with Crippen LogP contribution in [0, 0.1) is 5.92 Å². The van der Waals surface area contributed by atoms with E-state index in [1.807, 2.05) is 12.1 Å². The van der Waals surface area contributed by atoms with Gasteiger partial charge in [0.15, 0.2) is 0 Å². The maximum Gasteiger partial charge on any atom is 0.0615 e. The maximum absolute atomic E-state index is 5.97. The molecule has 1 aliphatic rings. The average molecular weight is 240 g/mol. The molecule has 1 fully saturated rings. The minimum absolute atomic E-state index is 0.522. The Balaban J connectivity index is 1.87. The maximum atomic E-state index is 5.97. The smallest absolute Gasteiger partial charge is 0.0615 e. The van der Waals surface area contributed by atoms with E-state index >= 15 is 0 Å². The number of nitrogens with one attached hydrogen (secondary N) is 1. The van der Waals surface area contributed by atoms with Crippen LogP contribution in [0.2, 0.25) is 5.02 Å². The van der Waals surface area contributed by atoms with Gasteiger partial charge in [0.25, 0.3) is 0 Å². The fourth-order valence-corrected chi connectivity index (χ4v) is 2.60. The molecule has 2 nitrogen and oxygen atoms in total. The summed E-state index contributed by atoms with van der Waals surface area (Å²) in [4.78, 5) is 0. The lowest BCUT2D eigenvalue weighted by Crippen LogP contribution is -2.25. The summed E-state index contributed by atoms with van der Waals surface area (Å²) in [5.74, 6) is 0.707. The predicted octanol–water partition coefficient (Wildman–Crippen LogP) is 2.51.